The Balaban J connectivity index is 2.51. The Hall–Kier alpha value is -2.02. The van der Waals surface area contributed by atoms with Crippen molar-refractivity contribution in [2.45, 2.75) is 40.0 Å². The van der Waals surface area contributed by atoms with E-state index in [1.165, 1.54) is 0 Å². The van der Waals surface area contributed by atoms with Crippen molar-refractivity contribution >= 4 is 5.97 Å². The van der Waals surface area contributed by atoms with Gasteiger partial charge >= 0.3 is 5.97 Å². The number of benzene rings is 1. The Bertz CT molecular complexity index is 515. The molecular weight excluding hydrogens is 254 g/mol. The van der Waals surface area contributed by atoms with Crippen LogP contribution in [0.5, 0.6) is 5.75 Å². The van der Waals surface area contributed by atoms with Crippen LogP contribution in [0.2, 0.25) is 0 Å². The summed E-state index contributed by atoms with van der Waals surface area (Å²) in [6.45, 7) is 6.13. The average Bonchev–Trinajstić information content (AvgIpc) is 2.39. The lowest BCUT2D eigenvalue weighted by atomic mass is 9.89. The van der Waals surface area contributed by atoms with Gasteiger partial charge in [-0.3, -0.25) is 0 Å². The molecule has 0 atom stereocenters. The van der Waals surface area contributed by atoms with E-state index in [9.17, 15) is 4.79 Å². The molecule has 0 aliphatic rings. The minimum atomic E-state index is -0.977. The second kappa shape index (κ2) is 6.95. The van der Waals surface area contributed by atoms with Gasteiger partial charge in [-0.1, -0.05) is 12.1 Å². The van der Waals surface area contributed by atoms with Crippen molar-refractivity contribution in [1.29, 1.82) is 5.26 Å². The Labute approximate surface area is 120 Å². The Morgan fingerprint density at radius 1 is 1.40 bits per heavy atom. The number of carbonyl (C=O) groups is 1. The van der Waals surface area contributed by atoms with E-state index < -0.39 is 5.97 Å². The molecule has 0 amide bonds. The van der Waals surface area contributed by atoms with Gasteiger partial charge in [0.1, 0.15) is 11.3 Å². The molecule has 0 aliphatic carbocycles. The molecule has 1 aromatic carbocycles. The molecule has 0 fully saturated rings. The van der Waals surface area contributed by atoms with Crippen molar-refractivity contribution in [2.24, 2.45) is 5.41 Å². The third-order valence-electron chi connectivity index (χ3n) is 3.19. The molecule has 0 aliphatic heterocycles. The van der Waals surface area contributed by atoms with Crippen LogP contribution in [0, 0.1) is 23.7 Å². The van der Waals surface area contributed by atoms with Crippen molar-refractivity contribution in [3.8, 4) is 11.8 Å². The second-order valence-corrected chi connectivity index (χ2v) is 5.56. The highest BCUT2D eigenvalue weighted by atomic mass is 16.5. The van der Waals surface area contributed by atoms with E-state index in [1.54, 1.807) is 12.1 Å². The summed E-state index contributed by atoms with van der Waals surface area (Å²) < 4.78 is 5.61. The fraction of sp³-hybridized carbons (Fsp3) is 0.500. The van der Waals surface area contributed by atoms with E-state index in [4.69, 9.17) is 15.1 Å². The van der Waals surface area contributed by atoms with Crippen LogP contribution in [0.1, 0.15) is 49.0 Å². The monoisotopic (exact) mass is 275 g/mol. The largest absolute Gasteiger partial charge is 0.492 e. The van der Waals surface area contributed by atoms with Crippen molar-refractivity contribution < 1.29 is 14.6 Å². The van der Waals surface area contributed by atoms with E-state index in [1.807, 2.05) is 26.8 Å². The van der Waals surface area contributed by atoms with E-state index >= 15 is 0 Å². The van der Waals surface area contributed by atoms with Crippen molar-refractivity contribution in [3.05, 3.63) is 29.3 Å². The van der Waals surface area contributed by atoms with Gasteiger partial charge in [0.05, 0.1) is 18.1 Å². The van der Waals surface area contributed by atoms with Crippen LogP contribution in [-0.2, 0) is 0 Å². The van der Waals surface area contributed by atoms with E-state index in [2.05, 4.69) is 6.07 Å². The molecular formula is C16H21NO3. The summed E-state index contributed by atoms with van der Waals surface area (Å²) in [5.41, 5.74) is 0.708. The second-order valence-electron chi connectivity index (χ2n) is 5.56. The van der Waals surface area contributed by atoms with Gasteiger partial charge in [0, 0.05) is 0 Å². The number of aryl methyl sites for hydroxylation is 1. The first-order chi connectivity index (χ1) is 9.37. The van der Waals surface area contributed by atoms with Crippen LogP contribution in [0.4, 0.5) is 0 Å². The minimum Gasteiger partial charge on any atom is -0.492 e. The Kier molecular flexibility index (Phi) is 5.57. The van der Waals surface area contributed by atoms with Gasteiger partial charge in [-0.05, 0) is 51.7 Å². The maximum atomic E-state index is 11.1. The normalized spacial score (nSPS) is 10.9. The quantitative estimate of drug-likeness (QED) is 0.768. The lowest BCUT2D eigenvalue weighted by Gasteiger charge is -2.15. The van der Waals surface area contributed by atoms with Crippen molar-refractivity contribution in [1.82, 2.24) is 0 Å². The van der Waals surface area contributed by atoms with Gasteiger partial charge in [-0.25, -0.2) is 4.79 Å². The third-order valence-corrected chi connectivity index (χ3v) is 3.19. The highest BCUT2D eigenvalue weighted by Crippen LogP contribution is 2.25. The molecule has 0 saturated heterocycles. The van der Waals surface area contributed by atoms with Crippen LogP contribution < -0.4 is 4.74 Å². The van der Waals surface area contributed by atoms with Crippen molar-refractivity contribution in [2.75, 3.05) is 6.61 Å². The molecule has 0 aromatic heterocycles. The van der Waals surface area contributed by atoms with Crippen LogP contribution in [0.15, 0.2) is 18.2 Å². The smallest absolute Gasteiger partial charge is 0.339 e. The zero-order valence-corrected chi connectivity index (χ0v) is 12.3. The number of hydrogen-bond acceptors (Lipinski definition) is 3. The summed E-state index contributed by atoms with van der Waals surface area (Å²) >= 11 is 0. The van der Waals surface area contributed by atoms with Gasteiger partial charge in [-0.2, -0.15) is 5.26 Å². The number of nitrogens with zero attached hydrogens (tertiary/aromatic N) is 1. The van der Waals surface area contributed by atoms with Gasteiger partial charge in [0.25, 0.3) is 0 Å². The number of unbranched alkanes of at least 4 members (excludes halogenated alkanes) is 1. The summed E-state index contributed by atoms with van der Waals surface area (Å²) in [7, 11) is 0. The molecule has 108 valence electrons. The first-order valence-electron chi connectivity index (χ1n) is 6.74. The summed E-state index contributed by atoms with van der Waals surface area (Å²) in [4.78, 5) is 11.1. The molecule has 1 N–H and O–H groups in total. The SMILES string of the molecule is Cc1cccc(C(=O)O)c1OCCCCC(C)(C)C#N. The zero-order chi connectivity index (χ0) is 15.2. The number of carboxylic acid groups (broad SMARTS) is 1. The summed E-state index contributed by atoms with van der Waals surface area (Å²) in [5.74, 6) is -0.533. The van der Waals surface area contributed by atoms with Gasteiger partial charge in [0.15, 0.2) is 0 Å². The number of para-hydroxylation sites is 1. The minimum absolute atomic E-state index is 0.197. The number of rotatable bonds is 7. The molecule has 0 saturated carbocycles. The molecule has 4 heteroatoms. The summed E-state index contributed by atoms with van der Waals surface area (Å²) in [5, 5.41) is 18.0. The predicted molar refractivity (Wildman–Crippen MR) is 76.9 cm³/mol. The van der Waals surface area contributed by atoms with Crippen LogP contribution >= 0.6 is 0 Å². The van der Waals surface area contributed by atoms with Gasteiger partial charge < -0.3 is 9.84 Å². The number of nitriles is 1. The first kappa shape index (κ1) is 16.0. The lowest BCUT2D eigenvalue weighted by molar-refractivity contribution is 0.0692. The number of hydrogen-bond donors (Lipinski definition) is 1. The molecule has 20 heavy (non-hydrogen) atoms. The summed E-state index contributed by atoms with van der Waals surface area (Å²) in [6, 6.07) is 7.35. The van der Waals surface area contributed by atoms with Crippen molar-refractivity contribution in [3.63, 3.8) is 0 Å². The van der Waals surface area contributed by atoms with E-state index in [0.717, 1.165) is 24.8 Å². The number of aromatic carboxylic acids is 1. The van der Waals surface area contributed by atoms with Crippen LogP contribution in [-0.4, -0.2) is 17.7 Å². The highest BCUT2D eigenvalue weighted by molar-refractivity contribution is 5.91. The molecule has 4 nitrogen and oxygen atoms in total. The average molecular weight is 275 g/mol. The first-order valence-corrected chi connectivity index (χ1v) is 6.74. The molecule has 1 rings (SSSR count). The van der Waals surface area contributed by atoms with E-state index in [-0.39, 0.29) is 11.0 Å². The van der Waals surface area contributed by atoms with Crippen LogP contribution in [0.25, 0.3) is 0 Å². The zero-order valence-electron chi connectivity index (χ0n) is 12.3. The van der Waals surface area contributed by atoms with Gasteiger partial charge in [0.2, 0.25) is 0 Å². The lowest BCUT2D eigenvalue weighted by Crippen LogP contribution is -2.09. The Morgan fingerprint density at radius 3 is 2.70 bits per heavy atom. The molecule has 1 aromatic rings. The Morgan fingerprint density at radius 2 is 2.10 bits per heavy atom. The van der Waals surface area contributed by atoms with Gasteiger partial charge in [-0.15, -0.1) is 0 Å². The van der Waals surface area contributed by atoms with Crippen LogP contribution in [0.3, 0.4) is 0 Å². The number of carboxylic acids is 1. The highest BCUT2D eigenvalue weighted by Gasteiger charge is 2.16. The maximum absolute atomic E-state index is 11.1. The topological polar surface area (TPSA) is 70.3 Å². The third kappa shape index (κ3) is 4.58. The molecule has 0 unspecified atom stereocenters. The molecule has 0 spiro atoms. The molecule has 0 radical (unpaired) electrons. The molecule has 0 heterocycles. The fourth-order valence-electron chi connectivity index (χ4n) is 1.91. The fourth-order valence-corrected chi connectivity index (χ4v) is 1.91. The summed E-state index contributed by atoms with van der Waals surface area (Å²) in [6.07, 6.45) is 2.50. The predicted octanol–water partition coefficient (Wildman–Crippen LogP) is 3.79. The van der Waals surface area contributed by atoms with E-state index in [0.29, 0.717) is 12.4 Å². The number of ether oxygens (including phenoxy) is 1. The molecule has 0 bridgehead atoms. The standard InChI is InChI=1S/C16H21NO3/c1-12-7-6-8-13(15(18)19)14(12)20-10-5-4-9-16(2,3)11-17/h6-8H,4-5,9-10H2,1-3H3,(H,18,19). The maximum Gasteiger partial charge on any atom is 0.339 e.